The van der Waals surface area contributed by atoms with E-state index in [4.69, 9.17) is 9.97 Å². The molecule has 0 spiro atoms. The molecule has 0 atom stereocenters. The summed E-state index contributed by atoms with van der Waals surface area (Å²) in [5.74, 6) is 1.88. The van der Waals surface area contributed by atoms with Gasteiger partial charge in [-0.25, -0.2) is 9.97 Å². The lowest BCUT2D eigenvalue weighted by Gasteiger charge is -2.24. The molecule has 2 aromatic rings. The van der Waals surface area contributed by atoms with Crippen LogP contribution in [0.15, 0.2) is 35.5 Å². The first kappa shape index (κ1) is 22.6. The Morgan fingerprint density at radius 3 is 2.43 bits per heavy atom. The Labute approximate surface area is 185 Å². The number of anilines is 1. The van der Waals surface area contributed by atoms with Gasteiger partial charge in [0.25, 0.3) is 5.91 Å². The maximum absolute atomic E-state index is 12.7. The number of benzene rings is 1. The first-order chi connectivity index (χ1) is 14.3. The normalized spacial score (nSPS) is 14.2. The van der Waals surface area contributed by atoms with E-state index in [0.717, 1.165) is 72.6 Å². The topological polar surface area (TPSA) is 49.3 Å². The summed E-state index contributed by atoms with van der Waals surface area (Å²) in [7, 11) is 0. The number of aromatic nitrogens is 2. The smallest absolute Gasteiger partial charge is 0.253 e. The molecule has 3 rings (SSSR count). The lowest BCUT2D eigenvalue weighted by Crippen LogP contribution is -2.27. The molecule has 1 amide bonds. The molecule has 1 aromatic heterocycles. The Bertz CT molecular complexity index is 868. The lowest BCUT2D eigenvalue weighted by molar-refractivity contribution is 0.0792. The van der Waals surface area contributed by atoms with Crippen LogP contribution in [-0.4, -0.2) is 47.0 Å². The predicted octanol–water partition coefficient (Wildman–Crippen LogP) is 5.15. The van der Waals surface area contributed by atoms with Gasteiger partial charge in [-0.3, -0.25) is 4.79 Å². The molecule has 1 aliphatic heterocycles. The Morgan fingerprint density at radius 2 is 1.80 bits per heavy atom. The quantitative estimate of drug-likeness (QED) is 0.453. The molecule has 1 aliphatic rings. The number of nitrogens with zero attached hydrogens (tertiary/aromatic N) is 4. The van der Waals surface area contributed by atoms with E-state index in [9.17, 15) is 4.79 Å². The maximum atomic E-state index is 12.7. The minimum Gasteiger partial charge on any atom is -0.357 e. The number of amides is 1. The van der Waals surface area contributed by atoms with E-state index in [0.29, 0.717) is 0 Å². The van der Waals surface area contributed by atoms with Gasteiger partial charge in [-0.1, -0.05) is 44.7 Å². The summed E-state index contributed by atoms with van der Waals surface area (Å²) in [6.07, 6.45) is 2.22. The van der Waals surface area contributed by atoms with Crippen LogP contribution in [-0.2, 0) is 11.2 Å². The van der Waals surface area contributed by atoms with Gasteiger partial charge in [0.05, 0.1) is 5.69 Å². The summed E-state index contributed by atoms with van der Waals surface area (Å²) in [6, 6.07) is 10.1. The van der Waals surface area contributed by atoms with Gasteiger partial charge in [0, 0.05) is 49.0 Å². The van der Waals surface area contributed by atoms with Crippen LogP contribution in [0.1, 0.15) is 69.1 Å². The van der Waals surface area contributed by atoms with Gasteiger partial charge in [-0.2, -0.15) is 0 Å². The van der Waals surface area contributed by atoms with Gasteiger partial charge >= 0.3 is 0 Å². The Hall–Kier alpha value is -2.08. The third-order valence-electron chi connectivity index (χ3n) is 5.48. The number of carbonyl (C=O) groups excluding carboxylic acids is 1. The summed E-state index contributed by atoms with van der Waals surface area (Å²) in [6.45, 7) is 14.4. The largest absolute Gasteiger partial charge is 0.357 e. The summed E-state index contributed by atoms with van der Waals surface area (Å²) in [4.78, 5) is 26.6. The molecule has 0 radical (unpaired) electrons. The highest BCUT2D eigenvalue weighted by atomic mass is 32.2. The van der Waals surface area contributed by atoms with E-state index in [-0.39, 0.29) is 11.3 Å². The number of carbonyl (C=O) groups is 1. The van der Waals surface area contributed by atoms with Crippen LogP contribution in [0.5, 0.6) is 0 Å². The molecule has 162 valence electrons. The van der Waals surface area contributed by atoms with Gasteiger partial charge in [0.1, 0.15) is 5.82 Å². The van der Waals surface area contributed by atoms with E-state index in [1.165, 1.54) is 0 Å². The molecular formula is C24H34N4OS. The highest BCUT2D eigenvalue weighted by Crippen LogP contribution is 2.28. The Kier molecular flexibility index (Phi) is 7.40. The number of rotatable bonds is 7. The Morgan fingerprint density at radius 1 is 1.10 bits per heavy atom. The van der Waals surface area contributed by atoms with Crippen molar-refractivity contribution in [2.24, 2.45) is 0 Å². The highest BCUT2D eigenvalue weighted by molar-refractivity contribution is 7.98. The molecule has 0 aliphatic carbocycles. The number of hydrogen-bond donors (Lipinski definition) is 0. The fraction of sp³-hybridized carbons (Fsp3) is 0.542. The van der Waals surface area contributed by atoms with Crippen molar-refractivity contribution in [2.45, 2.75) is 63.8 Å². The van der Waals surface area contributed by atoms with Crippen LogP contribution in [0.25, 0.3) is 0 Å². The van der Waals surface area contributed by atoms with E-state index in [2.05, 4.69) is 51.7 Å². The number of hydrogen-bond acceptors (Lipinski definition) is 5. The van der Waals surface area contributed by atoms with Crippen molar-refractivity contribution in [1.29, 1.82) is 0 Å². The summed E-state index contributed by atoms with van der Waals surface area (Å²) in [5.41, 5.74) is 2.92. The van der Waals surface area contributed by atoms with Gasteiger partial charge in [-0.15, -0.1) is 0 Å². The molecule has 0 unspecified atom stereocenters. The molecule has 1 fully saturated rings. The van der Waals surface area contributed by atoms with Crippen molar-refractivity contribution in [3.05, 3.63) is 47.2 Å². The molecule has 1 aromatic carbocycles. The standard InChI is InChI=1S/C24H34N4OS/c1-6-27(7-2)21-16-20(24(3,4)5)25-23(26-21)30-17-18-11-10-12-19(15-18)22(29)28-13-8-9-14-28/h10-12,15-16H,6-9,13-14,17H2,1-5H3. The van der Waals surface area contributed by atoms with Crippen molar-refractivity contribution in [1.82, 2.24) is 14.9 Å². The molecule has 6 heteroatoms. The van der Waals surface area contributed by atoms with E-state index >= 15 is 0 Å². The predicted molar refractivity (Wildman–Crippen MR) is 125 cm³/mol. The molecule has 0 bridgehead atoms. The van der Waals surface area contributed by atoms with Gasteiger partial charge in [0.15, 0.2) is 5.16 Å². The minimum absolute atomic E-state index is 0.0395. The first-order valence-electron chi connectivity index (χ1n) is 11.0. The summed E-state index contributed by atoms with van der Waals surface area (Å²) < 4.78 is 0. The van der Waals surface area contributed by atoms with Crippen molar-refractivity contribution in [2.75, 3.05) is 31.1 Å². The average molecular weight is 427 g/mol. The zero-order valence-corrected chi connectivity index (χ0v) is 19.8. The average Bonchev–Trinajstić information content (AvgIpc) is 3.27. The third kappa shape index (κ3) is 5.54. The SMILES string of the molecule is CCN(CC)c1cc(C(C)(C)C)nc(SCc2cccc(C(=O)N3CCCC3)c2)n1. The zero-order chi connectivity index (χ0) is 21.7. The summed E-state index contributed by atoms with van der Waals surface area (Å²) >= 11 is 1.64. The second-order valence-corrected chi connectivity index (χ2v) is 9.75. The van der Waals surface area contributed by atoms with Crippen molar-refractivity contribution in [3.63, 3.8) is 0 Å². The van der Waals surface area contributed by atoms with Gasteiger partial charge in [-0.05, 0) is 44.4 Å². The second-order valence-electron chi connectivity index (χ2n) is 8.80. The molecular weight excluding hydrogens is 392 g/mol. The van der Waals surface area contributed by atoms with Crippen LogP contribution in [0.2, 0.25) is 0 Å². The number of thioether (sulfide) groups is 1. The number of likely N-dealkylation sites (tertiary alicyclic amines) is 1. The van der Waals surface area contributed by atoms with Crippen molar-refractivity contribution >= 4 is 23.5 Å². The van der Waals surface area contributed by atoms with Crippen LogP contribution >= 0.6 is 11.8 Å². The summed E-state index contributed by atoms with van der Waals surface area (Å²) in [5, 5.41) is 0.792. The molecule has 30 heavy (non-hydrogen) atoms. The molecule has 2 heterocycles. The molecule has 0 saturated carbocycles. The lowest BCUT2D eigenvalue weighted by atomic mass is 9.92. The van der Waals surface area contributed by atoms with E-state index in [1.807, 2.05) is 23.1 Å². The fourth-order valence-electron chi connectivity index (χ4n) is 3.62. The highest BCUT2D eigenvalue weighted by Gasteiger charge is 2.21. The van der Waals surface area contributed by atoms with Crippen molar-refractivity contribution < 1.29 is 4.79 Å². The first-order valence-corrected chi connectivity index (χ1v) is 12.0. The van der Waals surface area contributed by atoms with Crippen LogP contribution in [0.3, 0.4) is 0 Å². The van der Waals surface area contributed by atoms with Gasteiger partial charge in [0.2, 0.25) is 0 Å². The van der Waals surface area contributed by atoms with E-state index in [1.54, 1.807) is 11.8 Å². The van der Waals surface area contributed by atoms with Gasteiger partial charge < -0.3 is 9.80 Å². The zero-order valence-electron chi connectivity index (χ0n) is 18.9. The Balaban J connectivity index is 1.78. The molecule has 5 nitrogen and oxygen atoms in total. The minimum atomic E-state index is -0.0395. The monoisotopic (exact) mass is 426 g/mol. The fourth-order valence-corrected chi connectivity index (χ4v) is 4.41. The molecule has 0 N–H and O–H groups in total. The second kappa shape index (κ2) is 9.82. The van der Waals surface area contributed by atoms with E-state index < -0.39 is 0 Å². The van der Waals surface area contributed by atoms with Crippen molar-refractivity contribution in [3.8, 4) is 0 Å². The van der Waals surface area contributed by atoms with Crippen LogP contribution in [0.4, 0.5) is 5.82 Å². The molecule has 1 saturated heterocycles. The van der Waals surface area contributed by atoms with Crippen LogP contribution < -0.4 is 4.90 Å². The maximum Gasteiger partial charge on any atom is 0.253 e. The van der Waals surface area contributed by atoms with Crippen LogP contribution in [0, 0.1) is 0 Å². The third-order valence-corrected chi connectivity index (χ3v) is 6.40.